The first-order valence-corrected chi connectivity index (χ1v) is 8.60. The van der Waals surface area contributed by atoms with Crippen LogP contribution in [0.25, 0.3) is 0 Å². The molecule has 0 aliphatic heterocycles. The van der Waals surface area contributed by atoms with Crippen molar-refractivity contribution in [2.75, 3.05) is 5.32 Å². The lowest BCUT2D eigenvalue weighted by atomic mass is 10.1. The van der Waals surface area contributed by atoms with Crippen LogP contribution < -0.4 is 10.1 Å². The van der Waals surface area contributed by atoms with Crippen LogP contribution >= 0.6 is 11.6 Å². The fourth-order valence-corrected chi connectivity index (χ4v) is 2.81. The van der Waals surface area contributed by atoms with Crippen molar-refractivity contribution in [3.63, 3.8) is 0 Å². The topological polar surface area (TPSA) is 51.2 Å². The summed E-state index contributed by atoms with van der Waals surface area (Å²) < 4.78 is 5.83. The van der Waals surface area contributed by atoms with Crippen molar-refractivity contribution in [3.8, 4) is 11.6 Å². The van der Waals surface area contributed by atoms with Gasteiger partial charge in [-0.05, 0) is 62.2 Å². The number of hydrogen-bond acceptors (Lipinski definition) is 3. The number of nitrogens with one attached hydrogen (secondary N) is 1. The van der Waals surface area contributed by atoms with Crippen LogP contribution in [0.1, 0.15) is 27.2 Å². The van der Waals surface area contributed by atoms with Gasteiger partial charge in [-0.25, -0.2) is 4.98 Å². The van der Waals surface area contributed by atoms with Gasteiger partial charge in [0.25, 0.3) is 5.91 Å². The van der Waals surface area contributed by atoms with E-state index in [1.165, 1.54) is 0 Å². The molecule has 0 bridgehead atoms. The summed E-state index contributed by atoms with van der Waals surface area (Å²) in [4.78, 5) is 16.9. The number of rotatable bonds is 4. The number of aromatic nitrogens is 1. The van der Waals surface area contributed by atoms with E-state index in [9.17, 15) is 4.79 Å². The first-order valence-electron chi connectivity index (χ1n) is 8.22. The van der Waals surface area contributed by atoms with E-state index in [0.29, 0.717) is 33.6 Å². The molecule has 2 aromatic carbocycles. The average molecular weight is 367 g/mol. The van der Waals surface area contributed by atoms with E-state index >= 15 is 0 Å². The fourth-order valence-electron chi connectivity index (χ4n) is 2.58. The summed E-state index contributed by atoms with van der Waals surface area (Å²) in [6.07, 6.45) is 0. The number of carbonyl (C=O) groups excluding carboxylic acids is 1. The SMILES string of the molecule is Cc1cc(Cl)ccc1Oc1ccc(NC(=O)c2ccccc2C)c(C)n1. The molecule has 0 fully saturated rings. The third-order valence-electron chi connectivity index (χ3n) is 4.05. The first kappa shape index (κ1) is 18.0. The normalized spacial score (nSPS) is 10.5. The monoisotopic (exact) mass is 366 g/mol. The Morgan fingerprint density at radius 2 is 1.77 bits per heavy atom. The fraction of sp³-hybridized carbons (Fsp3) is 0.143. The zero-order chi connectivity index (χ0) is 18.7. The first-order chi connectivity index (χ1) is 12.4. The van der Waals surface area contributed by atoms with Gasteiger partial charge in [0.1, 0.15) is 5.75 Å². The van der Waals surface area contributed by atoms with Crippen LogP contribution in [0.15, 0.2) is 54.6 Å². The lowest BCUT2D eigenvalue weighted by Gasteiger charge is -2.12. The Labute approximate surface area is 157 Å². The molecule has 132 valence electrons. The number of carbonyl (C=O) groups is 1. The summed E-state index contributed by atoms with van der Waals surface area (Å²) in [5.74, 6) is 0.995. The minimum Gasteiger partial charge on any atom is -0.439 e. The number of anilines is 1. The molecular formula is C21H19ClN2O2. The van der Waals surface area contributed by atoms with Crippen molar-refractivity contribution < 1.29 is 9.53 Å². The van der Waals surface area contributed by atoms with Gasteiger partial charge in [0.2, 0.25) is 5.88 Å². The Morgan fingerprint density at radius 1 is 1.00 bits per heavy atom. The molecule has 1 N–H and O–H groups in total. The highest BCUT2D eigenvalue weighted by molar-refractivity contribution is 6.30. The molecule has 3 rings (SSSR count). The Balaban J connectivity index is 1.77. The summed E-state index contributed by atoms with van der Waals surface area (Å²) >= 11 is 5.96. The maximum Gasteiger partial charge on any atom is 0.255 e. The molecule has 0 radical (unpaired) electrons. The van der Waals surface area contributed by atoms with Crippen LogP contribution in [0.4, 0.5) is 5.69 Å². The van der Waals surface area contributed by atoms with E-state index in [4.69, 9.17) is 16.3 Å². The zero-order valence-electron chi connectivity index (χ0n) is 14.8. The molecule has 1 amide bonds. The smallest absolute Gasteiger partial charge is 0.255 e. The van der Waals surface area contributed by atoms with Crippen LogP contribution in [0.2, 0.25) is 5.02 Å². The van der Waals surface area contributed by atoms with Crippen LogP contribution in [0.3, 0.4) is 0 Å². The molecule has 0 saturated heterocycles. The highest BCUT2D eigenvalue weighted by Crippen LogP contribution is 2.27. The maximum atomic E-state index is 12.5. The quantitative estimate of drug-likeness (QED) is 0.643. The van der Waals surface area contributed by atoms with E-state index in [1.807, 2.05) is 51.1 Å². The summed E-state index contributed by atoms with van der Waals surface area (Å²) in [6.45, 7) is 5.66. The van der Waals surface area contributed by atoms with E-state index in [2.05, 4.69) is 10.3 Å². The second-order valence-electron chi connectivity index (χ2n) is 6.06. The van der Waals surface area contributed by atoms with Gasteiger partial charge in [-0.3, -0.25) is 4.79 Å². The Hall–Kier alpha value is -2.85. The minimum absolute atomic E-state index is 0.157. The number of nitrogens with zero attached hydrogens (tertiary/aromatic N) is 1. The predicted molar refractivity (Wildman–Crippen MR) is 104 cm³/mol. The maximum absolute atomic E-state index is 12.5. The lowest BCUT2D eigenvalue weighted by molar-refractivity contribution is 0.102. The summed E-state index contributed by atoms with van der Waals surface area (Å²) in [5, 5.41) is 3.56. The second-order valence-corrected chi connectivity index (χ2v) is 6.50. The van der Waals surface area contributed by atoms with Gasteiger partial charge in [0.05, 0.1) is 11.4 Å². The molecule has 1 aromatic heterocycles. The average Bonchev–Trinajstić information content (AvgIpc) is 2.60. The standard InChI is InChI=1S/C21H19ClN2O2/c1-13-6-4-5-7-17(13)21(25)24-18-9-11-20(23-15(18)3)26-19-10-8-16(22)12-14(19)2/h4-12H,1-3H3,(H,24,25). The Bertz CT molecular complexity index is 970. The molecule has 0 unspecified atom stereocenters. The van der Waals surface area contributed by atoms with Gasteiger partial charge < -0.3 is 10.1 Å². The van der Waals surface area contributed by atoms with Crippen molar-refractivity contribution in [1.82, 2.24) is 4.98 Å². The van der Waals surface area contributed by atoms with E-state index < -0.39 is 0 Å². The van der Waals surface area contributed by atoms with Crippen molar-refractivity contribution in [1.29, 1.82) is 0 Å². The highest BCUT2D eigenvalue weighted by atomic mass is 35.5. The molecule has 0 atom stereocenters. The zero-order valence-corrected chi connectivity index (χ0v) is 15.6. The number of pyridine rings is 1. The Kier molecular flexibility index (Phi) is 5.24. The molecule has 0 saturated carbocycles. The number of benzene rings is 2. The molecule has 0 aliphatic carbocycles. The van der Waals surface area contributed by atoms with Crippen molar-refractivity contribution in [2.45, 2.75) is 20.8 Å². The van der Waals surface area contributed by atoms with Gasteiger partial charge in [0.15, 0.2) is 0 Å². The van der Waals surface area contributed by atoms with Gasteiger partial charge in [-0.15, -0.1) is 0 Å². The van der Waals surface area contributed by atoms with E-state index in [1.54, 1.807) is 24.3 Å². The van der Waals surface area contributed by atoms with Crippen LogP contribution in [0, 0.1) is 20.8 Å². The van der Waals surface area contributed by atoms with Crippen LogP contribution in [-0.2, 0) is 0 Å². The lowest BCUT2D eigenvalue weighted by Crippen LogP contribution is -2.14. The molecule has 3 aromatic rings. The second kappa shape index (κ2) is 7.58. The summed E-state index contributed by atoms with van der Waals surface area (Å²) in [5.41, 5.74) is 3.82. The van der Waals surface area contributed by atoms with Crippen LogP contribution in [-0.4, -0.2) is 10.9 Å². The van der Waals surface area contributed by atoms with Crippen molar-refractivity contribution in [2.24, 2.45) is 0 Å². The molecule has 5 heteroatoms. The molecule has 4 nitrogen and oxygen atoms in total. The summed E-state index contributed by atoms with van der Waals surface area (Å²) in [6, 6.07) is 16.4. The molecule has 26 heavy (non-hydrogen) atoms. The number of hydrogen-bond donors (Lipinski definition) is 1. The number of ether oxygens (including phenoxy) is 1. The minimum atomic E-state index is -0.157. The van der Waals surface area contributed by atoms with Crippen molar-refractivity contribution in [3.05, 3.63) is 82.0 Å². The van der Waals surface area contributed by atoms with Gasteiger partial charge in [-0.2, -0.15) is 0 Å². The largest absolute Gasteiger partial charge is 0.439 e. The molecule has 0 spiro atoms. The van der Waals surface area contributed by atoms with E-state index in [0.717, 1.165) is 11.1 Å². The van der Waals surface area contributed by atoms with Crippen LogP contribution in [0.5, 0.6) is 11.6 Å². The molecular weight excluding hydrogens is 348 g/mol. The predicted octanol–water partition coefficient (Wildman–Crippen LogP) is 5.70. The van der Waals surface area contributed by atoms with Gasteiger partial charge in [0, 0.05) is 16.7 Å². The van der Waals surface area contributed by atoms with Crippen molar-refractivity contribution >= 4 is 23.2 Å². The van der Waals surface area contributed by atoms with Gasteiger partial charge >= 0.3 is 0 Å². The molecule has 1 heterocycles. The Morgan fingerprint density at radius 3 is 2.46 bits per heavy atom. The third kappa shape index (κ3) is 4.03. The number of aryl methyl sites for hydroxylation is 3. The summed E-state index contributed by atoms with van der Waals surface area (Å²) in [7, 11) is 0. The van der Waals surface area contributed by atoms with E-state index in [-0.39, 0.29) is 5.91 Å². The number of halogens is 1. The number of amides is 1. The molecule has 0 aliphatic rings. The third-order valence-corrected chi connectivity index (χ3v) is 4.28. The highest BCUT2D eigenvalue weighted by Gasteiger charge is 2.11. The van der Waals surface area contributed by atoms with Gasteiger partial charge in [-0.1, -0.05) is 29.8 Å².